The molecule has 186 valence electrons. The molecular formula is C27H25NO7S. The number of carbonyl (C=O) groups excluding carboxylic acids is 2. The number of hydrogen-bond acceptors (Lipinski definition) is 7. The van der Waals surface area contributed by atoms with Crippen LogP contribution >= 0.6 is 0 Å². The maximum absolute atomic E-state index is 13.7. The van der Waals surface area contributed by atoms with Crippen LogP contribution in [0.3, 0.4) is 0 Å². The zero-order valence-corrected chi connectivity index (χ0v) is 20.8. The summed E-state index contributed by atoms with van der Waals surface area (Å²) in [5.41, 5.74) is 2.16. The number of aryl methyl sites for hydroxylation is 1. The van der Waals surface area contributed by atoms with Gasteiger partial charge in [0.1, 0.15) is 10.7 Å². The minimum atomic E-state index is -4.26. The van der Waals surface area contributed by atoms with E-state index in [1.807, 2.05) is 6.92 Å². The van der Waals surface area contributed by atoms with Gasteiger partial charge in [-0.05, 0) is 42.8 Å². The van der Waals surface area contributed by atoms with Crippen LogP contribution in [0.4, 0.5) is 0 Å². The molecular weight excluding hydrogens is 482 g/mol. The number of carbonyl (C=O) groups is 2. The van der Waals surface area contributed by atoms with Crippen molar-refractivity contribution in [3.63, 3.8) is 0 Å². The number of aliphatic hydroxyl groups is 1. The lowest BCUT2D eigenvalue weighted by Crippen LogP contribution is -2.31. The lowest BCUT2D eigenvalue weighted by Gasteiger charge is -2.27. The number of aliphatic hydroxyl groups excluding tert-OH is 1. The molecule has 1 aliphatic heterocycles. The number of para-hydroxylation sites is 1. The normalized spacial score (nSPS) is 15.8. The fourth-order valence-electron chi connectivity index (χ4n) is 4.18. The number of rotatable bonds is 7. The SMILES string of the molecule is COC(=O)c1ccc([C@@H]2C(S(=O)(=O)c3ccc(C)cc3)=C(O)C(=O)N2Cc2ccccc2OC)cc1. The summed E-state index contributed by atoms with van der Waals surface area (Å²) in [4.78, 5) is 26.0. The van der Waals surface area contributed by atoms with Crippen LogP contribution in [-0.2, 0) is 25.9 Å². The van der Waals surface area contributed by atoms with Gasteiger partial charge in [-0.25, -0.2) is 13.2 Å². The van der Waals surface area contributed by atoms with E-state index in [-0.39, 0.29) is 17.0 Å². The third-order valence-corrected chi connectivity index (χ3v) is 7.95. The number of benzene rings is 3. The van der Waals surface area contributed by atoms with Crippen molar-refractivity contribution in [3.05, 3.63) is 106 Å². The first kappa shape index (κ1) is 25.0. The second-order valence-corrected chi connectivity index (χ2v) is 10.2. The largest absolute Gasteiger partial charge is 0.502 e. The summed E-state index contributed by atoms with van der Waals surface area (Å²) in [5.74, 6) is -1.71. The smallest absolute Gasteiger partial charge is 0.337 e. The topological polar surface area (TPSA) is 110 Å². The molecule has 1 aliphatic rings. The van der Waals surface area contributed by atoms with Gasteiger partial charge in [-0.2, -0.15) is 0 Å². The third-order valence-electron chi connectivity index (χ3n) is 6.06. The van der Waals surface area contributed by atoms with Crippen molar-refractivity contribution in [2.75, 3.05) is 14.2 Å². The van der Waals surface area contributed by atoms with Gasteiger partial charge in [0.25, 0.3) is 5.91 Å². The molecule has 9 heteroatoms. The van der Waals surface area contributed by atoms with Gasteiger partial charge in [-0.1, -0.05) is 48.0 Å². The highest BCUT2D eigenvalue weighted by Gasteiger charge is 2.47. The van der Waals surface area contributed by atoms with E-state index in [2.05, 4.69) is 0 Å². The average molecular weight is 508 g/mol. The summed E-state index contributed by atoms with van der Waals surface area (Å²) in [6.07, 6.45) is 0. The maximum atomic E-state index is 13.7. The zero-order chi connectivity index (χ0) is 26.0. The van der Waals surface area contributed by atoms with Crippen LogP contribution in [0.2, 0.25) is 0 Å². The minimum Gasteiger partial charge on any atom is -0.502 e. The van der Waals surface area contributed by atoms with Gasteiger partial charge in [0.15, 0.2) is 5.76 Å². The minimum absolute atomic E-state index is 0.0246. The monoisotopic (exact) mass is 507 g/mol. The Morgan fingerprint density at radius 1 is 0.972 bits per heavy atom. The average Bonchev–Trinajstić information content (AvgIpc) is 3.14. The quantitative estimate of drug-likeness (QED) is 0.479. The van der Waals surface area contributed by atoms with Crippen LogP contribution in [0.15, 0.2) is 88.4 Å². The molecule has 1 atom stereocenters. The summed E-state index contributed by atoms with van der Waals surface area (Å²) < 4.78 is 37.6. The summed E-state index contributed by atoms with van der Waals surface area (Å²) in [6, 6.07) is 18.1. The molecule has 1 N–H and O–H groups in total. The number of methoxy groups -OCH3 is 2. The second kappa shape index (κ2) is 9.87. The van der Waals surface area contributed by atoms with E-state index in [9.17, 15) is 23.1 Å². The molecule has 36 heavy (non-hydrogen) atoms. The number of nitrogens with zero attached hydrogens (tertiary/aromatic N) is 1. The molecule has 8 nitrogen and oxygen atoms in total. The molecule has 1 amide bonds. The molecule has 3 aromatic carbocycles. The summed E-state index contributed by atoms with van der Waals surface area (Å²) >= 11 is 0. The third kappa shape index (κ3) is 4.45. The highest BCUT2D eigenvalue weighted by molar-refractivity contribution is 7.95. The Morgan fingerprint density at radius 3 is 2.22 bits per heavy atom. The Bertz CT molecular complexity index is 1440. The van der Waals surface area contributed by atoms with Crippen LogP contribution in [0.25, 0.3) is 0 Å². The highest BCUT2D eigenvalue weighted by Crippen LogP contribution is 2.43. The summed E-state index contributed by atoms with van der Waals surface area (Å²) in [6.45, 7) is 1.80. The van der Waals surface area contributed by atoms with E-state index in [0.29, 0.717) is 16.9 Å². The van der Waals surface area contributed by atoms with E-state index in [1.54, 1.807) is 48.5 Å². The first-order valence-corrected chi connectivity index (χ1v) is 12.5. The predicted molar refractivity (Wildman–Crippen MR) is 132 cm³/mol. The fourth-order valence-corrected chi connectivity index (χ4v) is 5.83. The van der Waals surface area contributed by atoms with E-state index < -0.39 is 38.4 Å². The van der Waals surface area contributed by atoms with E-state index >= 15 is 0 Å². The first-order valence-electron chi connectivity index (χ1n) is 11.0. The summed E-state index contributed by atoms with van der Waals surface area (Å²) in [7, 11) is -1.51. The molecule has 3 aromatic rings. The van der Waals surface area contributed by atoms with E-state index in [4.69, 9.17) is 9.47 Å². The molecule has 1 heterocycles. The van der Waals surface area contributed by atoms with Gasteiger partial charge in [0, 0.05) is 5.56 Å². The van der Waals surface area contributed by atoms with Crippen molar-refractivity contribution in [2.45, 2.75) is 24.4 Å². The molecule has 0 spiro atoms. The van der Waals surface area contributed by atoms with Crippen LogP contribution in [0, 0.1) is 6.92 Å². The molecule has 0 saturated carbocycles. The molecule has 0 bridgehead atoms. The Hall–Kier alpha value is -4.11. The van der Waals surface area contributed by atoms with E-state index in [1.165, 1.54) is 43.4 Å². The van der Waals surface area contributed by atoms with Crippen molar-refractivity contribution in [2.24, 2.45) is 0 Å². The molecule has 0 fully saturated rings. The predicted octanol–water partition coefficient (Wildman–Crippen LogP) is 4.12. The zero-order valence-electron chi connectivity index (χ0n) is 20.0. The number of esters is 1. The number of hydrogen-bond donors (Lipinski definition) is 1. The molecule has 0 radical (unpaired) electrons. The standard InChI is InChI=1S/C27H25NO7S/c1-17-8-14-21(15-9-17)36(32,33)25-23(18-10-12-19(13-11-18)27(31)35-3)28(26(30)24(25)29)16-20-6-4-5-7-22(20)34-2/h4-15,23,29H,16H2,1-3H3/t23-/m1/s1. The molecule has 0 aromatic heterocycles. The van der Waals surface area contributed by atoms with E-state index in [0.717, 1.165) is 5.56 Å². The second-order valence-electron chi connectivity index (χ2n) is 8.29. The lowest BCUT2D eigenvalue weighted by atomic mass is 10.0. The Balaban J connectivity index is 1.86. The van der Waals surface area contributed by atoms with Crippen LogP contribution in [0.1, 0.15) is 33.1 Å². The van der Waals surface area contributed by atoms with Gasteiger partial charge in [0.2, 0.25) is 9.84 Å². The van der Waals surface area contributed by atoms with Crippen molar-refractivity contribution in [3.8, 4) is 5.75 Å². The molecule has 0 saturated heterocycles. The van der Waals surface area contributed by atoms with Crippen molar-refractivity contribution < 1.29 is 32.6 Å². The maximum Gasteiger partial charge on any atom is 0.337 e. The van der Waals surface area contributed by atoms with Crippen LogP contribution < -0.4 is 4.74 Å². The van der Waals surface area contributed by atoms with Crippen molar-refractivity contribution in [1.82, 2.24) is 4.90 Å². The van der Waals surface area contributed by atoms with Gasteiger partial charge < -0.3 is 19.5 Å². The Labute approximate surface area is 209 Å². The van der Waals surface area contributed by atoms with Gasteiger partial charge >= 0.3 is 5.97 Å². The Kier molecular flexibility index (Phi) is 6.85. The highest BCUT2D eigenvalue weighted by atomic mass is 32.2. The van der Waals surface area contributed by atoms with Crippen LogP contribution in [-0.4, -0.2) is 44.5 Å². The van der Waals surface area contributed by atoms with Gasteiger partial charge in [0.05, 0.1) is 37.3 Å². The molecule has 0 unspecified atom stereocenters. The molecule has 0 aliphatic carbocycles. The summed E-state index contributed by atoms with van der Waals surface area (Å²) in [5, 5.41) is 10.9. The Morgan fingerprint density at radius 2 is 1.61 bits per heavy atom. The fraction of sp³-hybridized carbons (Fsp3) is 0.185. The van der Waals surface area contributed by atoms with Gasteiger partial charge in [-0.15, -0.1) is 0 Å². The van der Waals surface area contributed by atoms with Crippen molar-refractivity contribution in [1.29, 1.82) is 0 Å². The molecule has 4 rings (SSSR count). The number of ether oxygens (including phenoxy) is 2. The first-order chi connectivity index (χ1) is 17.2. The lowest BCUT2D eigenvalue weighted by molar-refractivity contribution is -0.130. The number of amides is 1. The van der Waals surface area contributed by atoms with Crippen LogP contribution in [0.5, 0.6) is 5.75 Å². The van der Waals surface area contributed by atoms with Gasteiger partial charge in [-0.3, -0.25) is 4.79 Å². The van der Waals surface area contributed by atoms with Crippen molar-refractivity contribution >= 4 is 21.7 Å². The number of sulfone groups is 1.